The van der Waals surface area contributed by atoms with Crippen molar-refractivity contribution in [3.8, 4) is 0 Å². The molecular formula is C25H20N. The summed E-state index contributed by atoms with van der Waals surface area (Å²) in [5.41, 5.74) is 4.17. The minimum Gasteiger partial charge on any atom is -0.368 e. The molecule has 0 aromatic heterocycles. The largest absolute Gasteiger partial charge is 0.368 e. The van der Waals surface area contributed by atoms with Crippen LogP contribution in [0.5, 0.6) is 0 Å². The van der Waals surface area contributed by atoms with Crippen LogP contribution >= 0.6 is 0 Å². The summed E-state index contributed by atoms with van der Waals surface area (Å²) in [6.45, 7) is 0. The van der Waals surface area contributed by atoms with Gasteiger partial charge in [-0.2, -0.15) is 0 Å². The molecule has 0 amide bonds. The molecule has 1 N–H and O–H groups in total. The highest BCUT2D eigenvalue weighted by Crippen LogP contribution is 2.39. The average molecular weight is 334 g/mol. The highest BCUT2D eigenvalue weighted by Gasteiger charge is 2.36. The normalized spacial score (nSPS) is 11.1. The standard InChI is InChI=1S/C25H20N/c1-5-13-21(14-6-1)25(22-15-7-2-8-16-22,23-17-9-3-10-18-23)26-24-19-11-4-12-20-24/h1-3,5-20,26H. The number of anilines is 1. The monoisotopic (exact) mass is 334 g/mol. The van der Waals surface area contributed by atoms with Crippen molar-refractivity contribution < 1.29 is 0 Å². The molecular weight excluding hydrogens is 314 g/mol. The fourth-order valence-corrected chi connectivity index (χ4v) is 3.47. The van der Waals surface area contributed by atoms with Gasteiger partial charge in [-0.1, -0.05) is 103 Å². The zero-order valence-electron chi connectivity index (χ0n) is 14.5. The Balaban J connectivity index is 2.00. The molecule has 0 heterocycles. The van der Waals surface area contributed by atoms with Gasteiger partial charge in [-0.3, -0.25) is 0 Å². The van der Waals surface area contributed by atoms with Crippen LogP contribution in [0.3, 0.4) is 0 Å². The van der Waals surface area contributed by atoms with Crippen LogP contribution in [-0.4, -0.2) is 0 Å². The smallest absolute Gasteiger partial charge is 0.114 e. The van der Waals surface area contributed by atoms with Crippen LogP contribution in [0.2, 0.25) is 0 Å². The first-order valence-electron chi connectivity index (χ1n) is 8.80. The molecule has 0 aliphatic heterocycles. The van der Waals surface area contributed by atoms with Crippen LogP contribution in [0, 0.1) is 6.07 Å². The van der Waals surface area contributed by atoms with Crippen molar-refractivity contribution in [1.82, 2.24) is 0 Å². The molecule has 0 fully saturated rings. The second kappa shape index (κ2) is 7.28. The van der Waals surface area contributed by atoms with Crippen LogP contribution in [0.4, 0.5) is 5.69 Å². The SMILES string of the molecule is [c]1ccc(NC(c2ccccc2)(c2ccccc2)c2ccccc2)cc1. The summed E-state index contributed by atoms with van der Waals surface area (Å²) in [5, 5.41) is 3.82. The summed E-state index contributed by atoms with van der Waals surface area (Å²) < 4.78 is 0. The molecule has 1 heteroatoms. The Morgan fingerprint density at radius 1 is 0.500 bits per heavy atom. The highest BCUT2D eigenvalue weighted by atomic mass is 15.0. The van der Waals surface area contributed by atoms with Gasteiger partial charge in [-0.05, 0) is 34.9 Å². The molecule has 0 saturated carbocycles. The van der Waals surface area contributed by atoms with E-state index in [4.69, 9.17) is 0 Å². The van der Waals surface area contributed by atoms with Crippen LogP contribution in [0.15, 0.2) is 115 Å². The fourth-order valence-electron chi connectivity index (χ4n) is 3.47. The Bertz CT molecular complexity index is 836. The lowest BCUT2D eigenvalue weighted by Gasteiger charge is -2.38. The molecule has 1 nitrogen and oxygen atoms in total. The molecule has 4 aromatic rings. The Morgan fingerprint density at radius 2 is 0.885 bits per heavy atom. The second-order valence-corrected chi connectivity index (χ2v) is 6.26. The topological polar surface area (TPSA) is 12.0 Å². The van der Waals surface area contributed by atoms with E-state index in [9.17, 15) is 0 Å². The van der Waals surface area contributed by atoms with Crippen molar-refractivity contribution in [1.29, 1.82) is 0 Å². The number of benzene rings is 4. The number of hydrogen-bond acceptors (Lipinski definition) is 1. The molecule has 0 aliphatic carbocycles. The van der Waals surface area contributed by atoms with Crippen LogP contribution in [0.1, 0.15) is 16.7 Å². The van der Waals surface area contributed by atoms with Crippen molar-refractivity contribution in [3.05, 3.63) is 138 Å². The van der Waals surface area contributed by atoms with Gasteiger partial charge in [0.25, 0.3) is 0 Å². The molecule has 0 aliphatic rings. The van der Waals surface area contributed by atoms with E-state index in [2.05, 4.69) is 115 Å². The third-order valence-corrected chi connectivity index (χ3v) is 4.67. The summed E-state index contributed by atoms with van der Waals surface area (Å²) in [6, 6.07) is 42.9. The van der Waals surface area contributed by atoms with Gasteiger partial charge >= 0.3 is 0 Å². The van der Waals surface area contributed by atoms with E-state index >= 15 is 0 Å². The van der Waals surface area contributed by atoms with Gasteiger partial charge < -0.3 is 5.32 Å². The number of nitrogens with one attached hydrogen (secondary N) is 1. The highest BCUT2D eigenvalue weighted by molar-refractivity contribution is 5.59. The predicted molar refractivity (Wildman–Crippen MR) is 108 cm³/mol. The van der Waals surface area contributed by atoms with E-state index in [-0.39, 0.29) is 0 Å². The predicted octanol–water partition coefficient (Wildman–Crippen LogP) is 5.89. The Morgan fingerprint density at radius 3 is 1.27 bits per heavy atom. The molecule has 4 aromatic carbocycles. The zero-order chi connectivity index (χ0) is 17.7. The zero-order valence-corrected chi connectivity index (χ0v) is 14.5. The Kier molecular flexibility index (Phi) is 4.53. The molecule has 0 unspecified atom stereocenters. The summed E-state index contributed by atoms with van der Waals surface area (Å²) in [7, 11) is 0. The summed E-state index contributed by atoms with van der Waals surface area (Å²) in [4.78, 5) is 0. The molecule has 0 atom stereocenters. The molecule has 4 rings (SSSR count). The summed E-state index contributed by atoms with van der Waals surface area (Å²) >= 11 is 0. The van der Waals surface area contributed by atoms with Gasteiger partial charge in [-0.25, -0.2) is 0 Å². The molecule has 0 bridgehead atoms. The van der Waals surface area contributed by atoms with E-state index in [1.807, 2.05) is 12.1 Å². The van der Waals surface area contributed by atoms with Gasteiger partial charge in [0.2, 0.25) is 0 Å². The lowest BCUT2D eigenvalue weighted by molar-refractivity contribution is 0.712. The fraction of sp³-hybridized carbons (Fsp3) is 0.0400. The van der Waals surface area contributed by atoms with Crippen LogP contribution < -0.4 is 5.32 Å². The van der Waals surface area contributed by atoms with E-state index < -0.39 is 5.54 Å². The van der Waals surface area contributed by atoms with Crippen molar-refractivity contribution in [2.75, 3.05) is 5.32 Å². The maximum atomic E-state index is 3.82. The Labute approximate surface area is 155 Å². The molecule has 0 spiro atoms. The van der Waals surface area contributed by atoms with E-state index in [0.717, 1.165) is 5.69 Å². The quantitative estimate of drug-likeness (QED) is 0.449. The van der Waals surface area contributed by atoms with E-state index in [1.54, 1.807) is 0 Å². The minimum absolute atomic E-state index is 0.481. The first-order chi connectivity index (χ1) is 12.9. The minimum atomic E-state index is -0.481. The van der Waals surface area contributed by atoms with Gasteiger partial charge in [0.05, 0.1) is 0 Å². The second-order valence-electron chi connectivity index (χ2n) is 6.26. The number of hydrogen-bond donors (Lipinski definition) is 1. The van der Waals surface area contributed by atoms with Crippen LogP contribution in [-0.2, 0) is 5.54 Å². The third kappa shape index (κ3) is 3.00. The first-order valence-corrected chi connectivity index (χ1v) is 8.80. The average Bonchev–Trinajstić information content (AvgIpc) is 2.75. The third-order valence-electron chi connectivity index (χ3n) is 4.67. The van der Waals surface area contributed by atoms with Crippen molar-refractivity contribution >= 4 is 5.69 Å². The summed E-state index contributed by atoms with van der Waals surface area (Å²) in [5.74, 6) is 0. The van der Waals surface area contributed by atoms with Gasteiger partial charge in [0.1, 0.15) is 5.54 Å². The lowest BCUT2D eigenvalue weighted by Crippen LogP contribution is -2.38. The molecule has 1 radical (unpaired) electrons. The van der Waals surface area contributed by atoms with Crippen molar-refractivity contribution in [2.24, 2.45) is 0 Å². The van der Waals surface area contributed by atoms with Gasteiger partial charge in [0, 0.05) is 5.69 Å². The summed E-state index contributed by atoms with van der Waals surface area (Å²) in [6.07, 6.45) is 0. The van der Waals surface area contributed by atoms with Crippen LogP contribution in [0.25, 0.3) is 0 Å². The first kappa shape index (κ1) is 16.2. The maximum absolute atomic E-state index is 3.82. The van der Waals surface area contributed by atoms with Crippen molar-refractivity contribution in [2.45, 2.75) is 5.54 Å². The molecule has 26 heavy (non-hydrogen) atoms. The van der Waals surface area contributed by atoms with Gasteiger partial charge in [-0.15, -0.1) is 0 Å². The van der Waals surface area contributed by atoms with E-state index in [0.29, 0.717) is 0 Å². The van der Waals surface area contributed by atoms with Gasteiger partial charge in [0.15, 0.2) is 0 Å². The van der Waals surface area contributed by atoms with E-state index in [1.165, 1.54) is 16.7 Å². The Hall–Kier alpha value is -3.32. The maximum Gasteiger partial charge on any atom is 0.114 e. The number of rotatable bonds is 5. The lowest BCUT2D eigenvalue weighted by atomic mass is 9.77. The van der Waals surface area contributed by atoms with Crippen molar-refractivity contribution in [3.63, 3.8) is 0 Å². The molecule has 0 saturated heterocycles. The molecule has 125 valence electrons.